The summed E-state index contributed by atoms with van der Waals surface area (Å²) < 4.78 is 6.15. The van der Waals surface area contributed by atoms with Crippen LogP contribution < -0.4 is 4.74 Å². The van der Waals surface area contributed by atoms with Crippen molar-refractivity contribution in [2.24, 2.45) is 0 Å². The van der Waals surface area contributed by atoms with E-state index in [1.807, 2.05) is 18.2 Å². The molecule has 1 atom stereocenters. The molecule has 1 unspecified atom stereocenters. The summed E-state index contributed by atoms with van der Waals surface area (Å²) in [5, 5.41) is 3.09. The van der Waals surface area contributed by atoms with Crippen LogP contribution in [0.2, 0.25) is 10.0 Å². The van der Waals surface area contributed by atoms with E-state index in [2.05, 4.69) is 22.9 Å². The van der Waals surface area contributed by atoms with Gasteiger partial charge in [-0.1, -0.05) is 35.3 Å². The van der Waals surface area contributed by atoms with Crippen LogP contribution in [-0.4, -0.2) is 18.0 Å². The van der Waals surface area contributed by atoms with Gasteiger partial charge in [-0.3, -0.25) is 4.90 Å². The zero-order chi connectivity index (χ0) is 14.8. The highest BCUT2D eigenvalue weighted by atomic mass is 35.5. The summed E-state index contributed by atoms with van der Waals surface area (Å²) in [4.78, 5) is 3.58. The Labute approximate surface area is 150 Å². The third kappa shape index (κ3) is 3.61. The maximum atomic E-state index is 6.23. The first kappa shape index (κ1) is 17.6. The average Bonchev–Trinajstić information content (AvgIpc) is 2.93. The number of thiophene rings is 1. The first-order valence-electron chi connectivity index (χ1n) is 6.69. The number of ether oxygens (including phenoxy) is 1. The lowest BCUT2D eigenvalue weighted by Gasteiger charge is -2.32. The van der Waals surface area contributed by atoms with Crippen LogP contribution in [0.3, 0.4) is 0 Å². The SMILES string of the molecule is C=CCN1Cc2ccsc2C(Oc2cccc(Cl)c2Cl)C1.Cl. The molecule has 22 heavy (non-hydrogen) atoms. The van der Waals surface area contributed by atoms with Gasteiger partial charge in [-0.05, 0) is 29.1 Å². The predicted molar refractivity (Wildman–Crippen MR) is 96.9 cm³/mol. The predicted octanol–water partition coefficient (Wildman–Crippen LogP) is 5.60. The van der Waals surface area contributed by atoms with Gasteiger partial charge in [0.1, 0.15) is 16.9 Å². The molecule has 0 fully saturated rings. The molecule has 1 aromatic heterocycles. The Balaban J connectivity index is 0.00000176. The molecule has 1 aliphatic heterocycles. The Morgan fingerprint density at radius 3 is 2.95 bits per heavy atom. The number of fused-ring (bicyclic) bond motifs is 1. The van der Waals surface area contributed by atoms with E-state index in [1.165, 1.54) is 10.4 Å². The molecular formula is C16H16Cl3NOS. The maximum Gasteiger partial charge on any atom is 0.146 e. The van der Waals surface area contributed by atoms with E-state index < -0.39 is 0 Å². The number of halogens is 3. The number of benzene rings is 1. The lowest BCUT2D eigenvalue weighted by Crippen LogP contribution is -2.35. The zero-order valence-corrected chi connectivity index (χ0v) is 14.9. The van der Waals surface area contributed by atoms with Gasteiger partial charge in [0.15, 0.2) is 0 Å². The molecule has 6 heteroatoms. The molecular weight excluding hydrogens is 361 g/mol. The fraction of sp³-hybridized carbons (Fsp3) is 0.250. The van der Waals surface area contributed by atoms with E-state index in [0.717, 1.165) is 19.6 Å². The average molecular weight is 377 g/mol. The van der Waals surface area contributed by atoms with Gasteiger partial charge < -0.3 is 4.74 Å². The van der Waals surface area contributed by atoms with Crippen LogP contribution in [0, 0.1) is 0 Å². The summed E-state index contributed by atoms with van der Waals surface area (Å²) in [7, 11) is 0. The maximum absolute atomic E-state index is 6.23. The first-order chi connectivity index (χ1) is 10.2. The minimum Gasteiger partial charge on any atom is -0.482 e. The van der Waals surface area contributed by atoms with Crippen LogP contribution in [0.4, 0.5) is 0 Å². The van der Waals surface area contributed by atoms with Crippen molar-refractivity contribution in [3.05, 3.63) is 62.8 Å². The van der Waals surface area contributed by atoms with Gasteiger partial charge in [0.25, 0.3) is 0 Å². The normalized spacial score (nSPS) is 17.5. The number of hydrogen-bond acceptors (Lipinski definition) is 3. The summed E-state index contributed by atoms with van der Waals surface area (Å²) in [6.45, 7) is 6.42. The molecule has 2 nitrogen and oxygen atoms in total. The second kappa shape index (κ2) is 7.71. The minimum absolute atomic E-state index is 0. The molecule has 3 rings (SSSR count). The Morgan fingerprint density at radius 2 is 2.18 bits per heavy atom. The molecule has 0 saturated heterocycles. The molecule has 1 aromatic carbocycles. The number of rotatable bonds is 4. The quantitative estimate of drug-likeness (QED) is 0.644. The molecule has 0 bridgehead atoms. The Bertz CT molecular complexity index is 659. The van der Waals surface area contributed by atoms with Gasteiger partial charge in [-0.15, -0.1) is 30.3 Å². The largest absolute Gasteiger partial charge is 0.482 e. The Hall–Kier alpha value is -0.710. The van der Waals surface area contributed by atoms with Gasteiger partial charge in [-0.25, -0.2) is 0 Å². The van der Waals surface area contributed by atoms with Crippen molar-refractivity contribution in [2.45, 2.75) is 12.6 Å². The highest BCUT2D eigenvalue weighted by Crippen LogP contribution is 2.38. The van der Waals surface area contributed by atoms with E-state index in [-0.39, 0.29) is 18.5 Å². The second-order valence-electron chi connectivity index (χ2n) is 4.95. The summed E-state index contributed by atoms with van der Waals surface area (Å²) in [5.74, 6) is 0.633. The Morgan fingerprint density at radius 1 is 1.36 bits per heavy atom. The lowest BCUT2D eigenvalue weighted by molar-refractivity contribution is 0.123. The van der Waals surface area contributed by atoms with Crippen LogP contribution in [0.1, 0.15) is 16.5 Å². The molecule has 0 amide bonds. The van der Waals surface area contributed by atoms with Crippen molar-refractivity contribution in [1.29, 1.82) is 0 Å². The smallest absolute Gasteiger partial charge is 0.146 e. The lowest BCUT2D eigenvalue weighted by atomic mass is 10.1. The summed E-state index contributed by atoms with van der Waals surface area (Å²) in [5.41, 5.74) is 1.32. The Kier molecular flexibility index (Phi) is 6.18. The van der Waals surface area contributed by atoms with E-state index in [9.17, 15) is 0 Å². The van der Waals surface area contributed by atoms with Crippen LogP contribution >= 0.6 is 46.9 Å². The summed E-state index contributed by atoms with van der Waals surface area (Å²) in [6, 6.07) is 7.63. The van der Waals surface area contributed by atoms with Gasteiger partial charge in [0.2, 0.25) is 0 Å². The van der Waals surface area contributed by atoms with Crippen molar-refractivity contribution in [1.82, 2.24) is 4.90 Å². The fourth-order valence-corrected chi connectivity index (χ4v) is 3.80. The molecule has 0 aliphatic carbocycles. The topological polar surface area (TPSA) is 12.5 Å². The number of nitrogens with zero attached hydrogens (tertiary/aromatic N) is 1. The minimum atomic E-state index is -0.0235. The summed E-state index contributed by atoms with van der Waals surface area (Å²) in [6.07, 6.45) is 1.89. The second-order valence-corrected chi connectivity index (χ2v) is 6.68. The van der Waals surface area contributed by atoms with Gasteiger partial charge in [0, 0.05) is 19.6 Å². The van der Waals surface area contributed by atoms with Crippen LogP contribution in [0.25, 0.3) is 0 Å². The van der Waals surface area contributed by atoms with Gasteiger partial charge in [0.05, 0.1) is 9.90 Å². The fourth-order valence-electron chi connectivity index (χ4n) is 2.52. The molecule has 0 spiro atoms. The molecule has 0 radical (unpaired) electrons. The third-order valence-electron chi connectivity index (χ3n) is 3.46. The van der Waals surface area contributed by atoms with Gasteiger partial charge >= 0.3 is 0 Å². The molecule has 0 N–H and O–H groups in total. The van der Waals surface area contributed by atoms with E-state index in [1.54, 1.807) is 17.4 Å². The van der Waals surface area contributed by atoms with Crippen molar-refractivity contribution < 1.29 is 4.74 Å². The molecule has 2 heterocycles. The van der Waals surface area contributed by atoms with Crippen molar-refractivity contribution >= 4 is 46.9 Å². The van der Waals surface area contributed by atoms with Crippen molar-refractivity contribution in [3.63, 3.8) is 0 Å². The third-order valence-corrected chi connectivity index (χ3v) is 5.32. The molecule has 118 valence electrons. The molecule has 1 aliphatic rings. The standard InChI is InChI=1S/C16H15Cl2NOS.ClH/c1-2-7-19-9-11-6-8-21-16(11)14(10-19)20-13-5-3-4-12(17)15(13)18;/h2-6,8,14H,1,7,9-10H2;1H. The van der Waals surface area contributed by atoms with Crippen LogP contribution in [0.5, 0.6) is 5.75 Å². The summed E-state index contributed by atoms with van der Waals surface area (Å²) >= 11 is 14.0. The number of hydrogen-bond donors (Lipinski definition) is 0. The van der Waals surface area contributed by atoms with E-state index in [4.69, 9.17) is 27.9 Å². The highest BCUT2D eigenvalue weighted by molar-refractivity contribution is 7.10. The zero-order valence-electron chi connectivity index (χ0n) is 11.8. The van der Waals surface area contributed by atoms with Crippen LogP contribution in [0.15, 0.2) is 42.3 Å². The van der Waals surface area contributed by atoms with Crippen molar-refractivity contribution in [2.75, 3.05) is 13.1 Å². The van der Waals surface area contributed by atoms with E-state index in [0.29, 0.717) is 15.8 Å². The molecule has 2 aromatic rings. The molecule has 0 saturated carbocycles. The first-order valence-corrected chi connectivity index (χ1v) is 8.32. The van der Waals surface area contributed by atoms with Crippen LogP contribution in [-0.2, 0) is 6.54 Å². The highest BCUT2D eigenvalue weighted by Gasteiger charge is 2.28. The van der Waals surface area contributed by atoms with Crippen molar-refractivity contribution in [3.8, 4) is 5.75 Å². The monoisotopic (exact) mass is 375 g/mol. The van der Waals surface area contributed by atoms with Gasteiger partial charge in [-0.2, -0.15) is 0 Å². The van der Waals surface area contributed by atoms with E-state index >= 15 is 0 Å².